The van der Waals surface area contributed by atoms with E-state index in [1.165, 1.54) is 5.56 Å². The molecule has 142 valence electrons. The topological polar surface area (TPSA) is 41.4 Å². The number of piperazine rings is 1. The van der Waals surface area contributed by atoms with Gasteiger partial charge in [-0.3, -0.25) is 9.36 Å². The van der Waals surface area contributed by atoms with Crippen molar-refractivity contribution >= 4 is 17.9 Å². The van der Waals surface area contributed by atoms with E-state index in [1.54, 1.807) is 6.08 Å². The number of nitrogens with zero attached hydrogens (tertiary/aromatic N) is 4. The molecule has 1 aliphatic heterocycles. The second-order valence-corrected chi connectivity index (χ2v) is 6.99. The van der Waals surface area contributed by atoms with Crippen LogP contribution in [0.2, 0.25) is 0 Å². The lowest BCUT2D eigenvalue weighted by atomic mass is 10.2. The zero-order chi connectivity index (χ0) is 19.3. The largest absolute Gasteiger partial charge is 0.338 e. The number of hydrogen-bond acceptors (Lipinski definition) is 3. The van der Waals surface area contributed by atoms with Crippen molar-refractivity contribution in [1.82, 2.24) is 14.5 Å². The summed E-state index contributed by atoms with van der Waals surface area (Å²) in [5.74, 6) is 0.987. The maximum Gasteiger partial charge on any atom is 0.246 e. The monoisotopic (exact) mass is 372 g/mol. The minimum absolute atomic E-state index is 0.0605. The molecule has 1 amide bonds. The molecule has 1 aliphatic rings. The van der Waals surface area contributed by atoms with E-state index in [1.807, 2.05) is 53.7 Å². The van der Waals surface area contributed by atoms with Crippen LogP contribution in [0.4, 0.5) is 5.95 Å². The summed E-state index contributed by atoms with van der Waals surface area (Å²) in [5, 5.41) is 0. The van der Waals surface area contributed by atoms with E-state index in [-0.39, 0.29) is 5.91 Å². The van der Waals surface area contributed by atoms with Gasteiger partial charge >= 0.3 is 0 Å². The smallest absolute Gasteiger partial charge is 0.246 e. The van der Waals surface area contributed by atoms with Crippen molar-refractivity contribution in [2.75, 3.05) is 31.1 Å². The van der Waals surface area contributed by atoms with Crippen molar-refractivity contribution in [3.63, 3.8) is 0 Å². The Bertz CT molecular complexity index is 952. The normalized spacial score (nSPS) is 14.6. The van der Waals surface area contributed by atoms with Gasteiger partial charge in [0.05, 0.1) is 0 Å². The lowest BCUT2D eigenvalue weighted by molar-refractivity contribution is -0.126. The zero-order valence-electron chi connectivity index (χ0n) is 16.0. The van der Waals surface area contributed by atoms with E-state index in [9.17, 15) is 4.79 Å². The molecular weight excluding hydrogens is 348 g/mol. The second kappa shape index (κ2) is 8.13. The molecule has 0 spiro atoms. The Morgan fingerprint density at radius 1 is 0.964 bits per heavy atom. The van der Waals surface area contributed by atoms with Gasteiger partial charge in [-0.1, -0.05) is 48.0 Å². The Morgan fingerprint density at radius 2 is 1.68 bits per heavy atom. The summed E-state index contributed by atoms with van der Waals surface area (Å²) in [6.07, 6.45) is 7.35. The molecule has 0 N–H and O–H groups in total. The fourth-order valence-corrected chi connectivity index (χ4v) is 3.40. The van der Waals surface area contributed by atoms with Crippen LogP contribution < -0.4 is 4.90 Å². The molecule has 5 nitrogen and oxygen atoms in total. The van der Waals surface area contributed by atoms with Gasteiger partial charge in [-0.2, -0.15) is 0 Å². The highest BCUT2D eigenvalue weighted by atomic mass is 16.2. The summed E-state index contributed by atoms with van der Waals surface area (Å²) in [4.78, 5) is 21.2. The second-order valence-electron chi connectivity index (χ2n) is 6.99. The average molecular weight is 372 g/mol. The molecule has 0 radical (unpaired) electrons. The average Bonchev–Trinajstić information content (AvgIpc) is 3.23. The summed E-state index contributed by atoms with van der Waals surface area (Å²) in [7, 11) is 0. The van der Waals surface area contributed by atoms with Crippen molar-refractivity contribution < 1.29 is 4.79 Å². The van der Waals surface area contributed by atoms with Crippen molar-refractivity contribution in [2.24, 2.45) is 0 Å². The summed E-state index contributed by atoms with van der Waals surface area (Å²) in [6.45, 7) is 5.01. The molecule has 0 saturated carbocycles. The summed E-state index contributed by atoms with van der Waals surface area (Å²) in [6, 6.07) is 18.3. The maximum atomic E-state index is 12.5. The van der Waals surface area contributed by atoms with Crippen LogP contribution in [0.25, 0.3) is 11.8 Å². The minimum atomic E-state index is 0.0605. The van der Waals surface area contributed by atoms with E-state index < -0.39 is 0 Å². The molecule has 0 atom stereocenters. The van der Waals surface area contributed by atoms with Crippen LogP contribution in [-0.2, 0) is 4.79 Å². The van der Waals surface area contributed by atoms with Crippen LogP contribution in [-0.4, -0.2) is 46.5 Å². The van der Waals surface area contributed by atoms with Gasteiger partial charge in [-0.25, -0.2) is 4.98 Å². The number of aryl methyl sites for hydroxylation is 1. The predicted octanol–water partition coefficient (Wildman–Crippen LogP) is 3.54. The molecule has 2 heterocycles. The minimum Gasteiger partial charge on any atom is -0.338 e. The van der Waals surface area contributed by atoms with E-state index in [2.05, 4.69) is 45.6 Å². The number of amides is 1. The number of aromatic nitrogens is 2. The maximum absolute atomic E-state index is 12.5. The van der Waals surface area contributed by atoms with Gasteiger partial charge < -0.3 is 9.80 Å². The first kappa shape index (κ1) is 18.0. The zero-order valence-corrected chi connectivity index (χ0v) is 16.0. The van der Waals surface area contributed by atoms with E-state index in [0.29, 0.717) is 13.1 Å². The first-order valence-corrected chi connectivity index (χ1v) is 9.58. The van der Waals surface area contributed by atoms with Crippen LogP contribution in [0.1, 0.15) is 11.1 Å². The quantitative estimate of drug-likeness (QED) is 0.658. The van der Waals surface area contributed by atoms with Crippen molar-refractivity contribution in [3.8, 4) is 5.69 Å². The summed E-state index contributed by atoms with van der Waals surface area (Å²) >= 11 is 0. The van der Waals surface area contributed by atoms with Gasteiger partial charge in [-0.15, -0.1) is 0 Å². The number of rotatable bonds is 4. The fourth-order valence-electron chi connectivity index (χ4n) is 3.40. The molecule has 28 heavy (non-hydrogen) atoms. The van der Waals surface area contributed by atoms with Gasteiger partial charge in [-0.05, 0) is 30.7 Å². The standard InChI is InChI=1S/C23H24N4O/c1-19-7-10-21(11-8-19)27-14-13-24-23(27)26-17-15-25(16-18-26)22(28)12-9-20-5-3-2-4-6-20/h2-14H,15-18H2,1H3/b12-9-. The van der Waals surface area contributed by atoms with Crippen LogP contribution in [0.5, 0.6) is 0 Å². The first-order valence-electron chi connectivity index (χ1n) is 9.58. The Kier molecular flexibility index (Phi) is 5.24. The Hall–Kier alpha value is -3.34. The number of benzene rings is 2. The first-order chi connectivity index (χ1) is 13.7. The molecule has 1 saturated heterocycles. The van der Waals surface area contributed by atoms with E-state index in [4.69, 9.17) is 0 Å². The summed E-state index contributed by atoms with van der Waals surface area (Å²) in [5.41, 5.74) is 3.37. The summed E-state index contributed by atoms with van der Waals surface area (Å²) < 4.78 is 2.10. The highest BCUT2D eigenvalue weighted by Crippen LogP contribution is 2.20. The third-order valence-corrected chi connectivity index (χ3v) is 5.03. The van der Waals surface area contributed by atoms with E-state index >= 15 is 0 Å². The molecule has 5 heteroatoms. The van der Waals surface area contributed by atoms with Crippen LogP contribution in [0, 0.1) is 6.92 Å². The lowest BCUT2D eigenvalue weighted by Crippen LogP contribution is -2.49. The Balaban J connectivity index is 1.40. The number of carbonyl (C=O) groups excluding carboxylic acids is 1. The molecular formula is C23H24N4O. The van der Waals surface area contributed by atoms with Crippen molar-refractivity contribution in [3.05, 3.63) is 84.2 Å². The van der Waals surface area contributed by atoms with Crippen LogP contribution >= 0.6 is 0 Å². The Labute approximate surface area is 165 Å². The third-order valence-electron chi connectivity index (χ3n) is 5.03. The van der Waals surface area contributed by atoms with Crippen LogP contribution in [0.3, 0.4) is 0 Å². The van der Waals surface area contributed by atoms with Crippen LogP contribution in [0.15, 0.2) is 73.1 Å². The third kappa shape index (κ3) is 3.98. The van der Waals surface area contributed by atoms with Gasteiger partial charge in [0.1, 0.15) is 0 Å². The van der Waals surface area contributed by atoms with Gasteiger partial charge in [0.15, 0.2) is 0 Å². The number of hydrogen-bond donors (Lipinski definition) is 0. The molecule has 0 bridgehead atoms. The number of imidazole rings is 1. The molecule has 0 aliphatic carbocycles. The van der Waals surface area contributed by atoms with E-state index in [0.717, 1.165) is 30.3 Å². The van der Waals surface area contributed by atoms with Crippen molar-refractivity contribution in [1.29, 1.82) is 0 Å². The highest BCUT2D eigenvalue weighted by Gasteiger charge is 2.22. The number of carbonyl (C=O) groups is 1. The van der Waals surface area contributed by atoms with Crippen molar-refractivity contribution in [2.45, 2.75) is 6.92 Å². The van der Waals surface area contributed by atoms with Gasteiger partial charge in [0.2, 0.25) is 11.9 Å². The highest BCUT2D eigenvalue weighted by molar-refractivity contribution is 5.91. The predicted molar refractivity (Wildman–Crippen MR) is 113 cm³/mol. The fraction of sp³-hybridized carbons (Fsp3) is 0.217. The number of anilines is 1. The molecule has 1 fully saturated rings. The molecule has 1 aromatic heterocycles. The van der Waals surface area contributed by atoms with Gasteiger partial charge in [0.25, 0.3) is 0 Å². The van der Waals surface area contributed by atoms with Gasteiger partial charge in [0, 0.05) is 50.3 Å². The molecule has 2 aromatic carbocycles. The molecule has 0 unspecified atom stereocenters. The molecule has 3 aromatic rings. The SMILES string of the molecule is Cc1ccc(-n2ccnc2N2CCN(C(=O)/C=C\c3ccccc3)CC2)cc1. The Morgan fingerprint density at radius 3 is 2.39 bits per heavy atom. The molecule has 4 rings (SSSR count). The lowest BCUT2D eigenvalue weighted by Gasteiger charge is -2.35.